The van der Waals surface area contributed by atoms with E-state index in [1.54, 1.807) is 0 Å². The van der Waals surface area contributed by atoms with E-state index in [4.69, 9.17) is 5.73 Å². The Balaban J connectivity index is 2.61. The molecule has 0 saturated carbocycles. The first-order chi connectivity index (χ1) is 8.17. The molecule has 1 heterocycles. The fourth-order valence-corrected chi connectivity index (χ4v) is 1.84. The van der Waals surface area contributed by atoms with E-state index in [9.17, 15) is 0 Å². The number of aromatic nitrogens is 1. The lowest BCUT2D eigenvalue weighted by Crippen LogP contribution is -2.33. The predicted octanol–water partition coefficient (Wildman–Crippen LogP) is 3.06. The van der Waals surface area contributed by atoms with E-state index in [-0.39, 0.29) is 0 Å². The van der Waals surface area contributed by atoms with Gasteiger partial charge in [0.05, 0.1) is 0 Å². The van der Waals surface area contributed by atoms with Crippen LogP contribution >= 0.6 is 0 Å². The first-order valence-corrected chi connectivity index (χ1v) is 6.61. The average Bonchev–Trinajstić information content (AvgIpc) is 2.36. The molecule has 3 nitrogen and oxygen atoms in total. The van der Waals surface area contributed by atoms with E-state index in [1.165, 1.54) is 24.8 Å². The zero-order valence-corrected chi connectivity index (χ0v) is 11.3. The van der Waals surface area contributed by atoms with E-state index in [0.29, 0.717) is 11.9 Å². The van der Waals surface area contributed by atoms with Gasteiger partial charge < -0.3 is 5.73 Å². The number of hydrogen-bond donors (Lipinski definition) is 1. The summed E-state index contributed by atoms with van der Waals surface area (Å²) in [6.45, 7) is 8.91. The fraction of sp³-hybridized carbons (Fsp3) is 0.643. The number of pyridine rings is 1. The normalized spacial score (nSPS) is 12.9. The quantitative estimate of drug-likeness (QED) is 0.789. The van der Waals surface area contributed by atoms with Crippen molar-refractivity contribution in [3.8, 4) is 0 Å². The van der Waals surface area contributed by atoms with Gasteiger partial charge in [-0.1, -0.05) is 26.3 Å². The number of nitrogens with zero attached hydrogens (tertiary/aromatic N) is 2. The second kappa shape index (κ2) is 7.28. The largest absolute Gasteiger partial charge is 0.384 e. The highest BCUT2D eigenvalue weighted by molar-refractivity contribution is 5.29. The fourth-order valence-electron chi connectivity index (χ4n) is 1.84. The minimum absolute atomic E-state index is 0.595. The monoisotopic (exact) mass is 235 g/mol. The highest BCUT2D eigenvalue weighted by Crippen LogP contribution is 2.12. The Bertz CT molecular complexity index is 308. The van der Waals surface area contributed by atoms with Crippen LogP contribution < -0.4 is 5.73 Å². The zero-order valence-electron chi connectivity index (χ0n) is 11.3. The van der Waals surface area contributed by atoms with Gasteiger partial charge in [0.15, 0.2) is 0 Å². The van der Waals surface area contributed by atoms with Crippen molar-refractivity contribution in [2.75, 3.05) is 12.3 Å². The number of rotatable bonds is 7. The molecule has 0 saturated heterocycles. The minimum atomic E-state index is 0.595. The van der Waals surface area contributed by atoms with E-state index < -0.39 is 0 Å². The Kier molecular flexibility index (Phi) is 5.98. The molecule has 1 unspecified atom stereocenters. The Morgan fingerprint density at radius 3 is 2.65 bits per heavy atom. The summed E-state index contributed by atoms with van der Waals surface area (Å²) < 4.78 is 0. The Labute approximate surface area is 105 Å². The molecule has 3 heteroatoms. The summed E-state index contributed by atoms with van der Waals surface area (Å²) >= 11 is 0. The summed E-state index contributed by atoms with van der Waals surface area (Å²) in [5.41, 5.74) is 6.84. The summed E-state index contributed by atoms with van der Waals surface area (Å²) in [7, 11) is 0. The van der Waals surface area contributed by atoms with Gasteiger partial charge >= 0.3 is 0 Å². The van der Waals surface area contributed by atoms with Crippen molar-refractivity contribution in [3.63, 3.8) is 0 Å². The molecule has 1 rings (SSSR count). The third kappa shape index (κ3) is 4.73. The van der Waals surface area contributed by atoms with Crippen LogP contribution in [0.5, 0.6) is 0 Å². The molecule has 0 aliphatic heterocycles. The summed E-state index contributed by atoms with van der Waals surface area (Å²) in [4.78, 5) is 6.67. The lowest BCUT2D eigenvalue weighted by atomic mass is 10.1. The third-order valence-corrected chi connectivity index (χ3v) is 3.25. The summed E-state index contributed by atoms with van der Waals surface area (Å²) in [6, 6.07) is 4.58. The Morgan fingerprint density at radius 2 is 2.12 bits per heavy atom. The van der Waals surface area contributed by atoms with Crippen LogP contribution in [0, 0.1) is 0 Å². The minimum Gasteiger partial charge on any atom is -0.384 e. The predicted molar refractivity (Wildman–Crippen MR) is 73.7 cm³/mol. The van der Waals surface area contributed by atoms with Crippen LogP contribution in [0.1, 0.15) is 45.6 Å². The molecule has 0 bridgehead atoms. The molecular weight excluding hydrogens is 210 g/mol. The van der Waals surface area contributed by atoms with Gasteiger partial charge in [-0.15, -0.1) is 0 Å². The van der Waals surface area contributed by atoms with Crippen molar-refractivity contribution >= 4 is 5.82 Å². The SMILES string of the molecule is CCCCN(Cc1ccc(N)nc1)C(C)CC. The molecule has 0 spiro atoms. The summed E-state index contributed by atoms with van der Waals surface area (Å²) in [5.74, 6) is 0.595. The van der Waals surface area contributed by atoms with Gasteiger partial charge in [-0.2, -0.15) is 0 Å². The van der Waals surface area contributed by atoms with E-state index >= 15 is 0 Å². The van der Waals surface area contributed by atoms with Crippen LogP contribution in [0.2, 0.25) is 0 Å². The van der Waals surface area contributed by atoms with Crippen LogP contribution in [0.3, 0.4) is 0 Å². The van der Waals surface area contributed by atoms with E-state index in [2.05, 4.69) is 36.7 Å². The number of nitrogens with two attached hydrogens (primary N) is 1. The second-order valence-electron chi connectivity index (χ2n) is 4.67. The van der Waals surface area contributed by atoms with Crippen LogP contribution in [0.4, 0.5) is 5.82 Å². The first kappa shape index (κ1) is 14.0. The molecule has 0 aliphatic rings. The van der Waals surface area contributed by atoms with Crippen molar-refractivity contribution in [3.05, 3.63) is 23.9 Å². The maximum absolute atomic E-state index is 5.60. The van der Waals surface area contributed by atoms with Gasteiger partial charge in [-0.05, 0) is 37.9 Å². The molecular formula is C14H25N3. The molecule has 0 amide bonds. The van der Waals surface area contributed by atoms with Gasteiger partial charge in [-0.3, -0.25) is 4.90 Å². The Morgan fingerprint density at radius 1 is 1.35 bits per heavy atom. The van der Waals surface area contributed by atoms with Gasteiger partial charge in [0.25, 0.3) is 0 Å². The van der Waals surface area contributed by atoms with Gasteiger partial charge in [0.2, 0.25) is 0 Å². The van der Waals surface area contributed by atoms with Gasteiger partial charge in [-0.25, -0.2) is 4.98 Å². The van der Waals surface area contributed by atoms with Gasteiger partial charge in [0, 0.05) is 18.8 Å². The summed E-state index contributed by atoms with van der Waals surface area (Å²) in [6.07, 6.45) is 5.57. The lowest BCUT2D eigenvalue weighted by Gasteiger charge is -2.28. The number of nitrogen functional groups attached to an aromatic ring is 1. The molecule has 1 aromatic heterocycles. The lowest BCUT2D eigenvalue weighted by molar-refractivity contribution is 0.192. The molecule has 0 fully saturated rings. The van der Waals surface area contributed by atoms with Crippen LogP contribution in [0.15, 0.2) is 18.3 Å². The average molecular weight is 235 g/mol. The topological polar surface area (TPSA) is 42.1 Å². The van der Waals surface area contributed by atoms with Crippen LogP contribution in [-0.2, 0) is 6.54 Å². The number of unbranched alkanes of at least 4 members (excludes halogenated alkanes) is 1. The third-order valence-electron chi connectivity index (χ3n) is 3.25. The van der Waals surface area contributed by atoms with Crippen LogP contribution in [-0.4, -0.2) is 22.5 Å². The van der Waals surface area contributed by atoms with Crippen LogP contribution in [0.25, 0.3) is 0 Å². The highest BCUT2D eigenvalue weighted by atomic mass is 15.1. The second-order valence-corrected chi connectivity index (χ2v) is 4.67. The molecule has 1 atom stereocenters. The molecule has 96 valence electrons. The van der Waals surface area contributed by atoms with Crippen molar-refractivity contribution < 1.29 is 0 Å². The van der Waals surface area contributed by atoms with Crippen molar-refractivity contribution in [1.29, 1.82) is 0 Å². The van der Waals surface area contributed by atoms with Crippen molar-refractivity contribution in [2.24, 2.45) is 0 Å². The Hall–Kier alpha value is -1.09. The maximum Gasteiger partial charge on any atom is 0.123 e. The molecule has 2 N–H and O–H groups in total. The smallest absolute Gasteiger partial charge is 0.123 e. The zero-order chi connectivity index (χ0) is 12.7. The van der Waals surface area contributed by atoms with E-state index in [0.717, 1.165) is 13.1 Å². The molecule has 17 heavy (non-hydrogen) atoms. The molecule has 1 aromatic rings. The van der Waals surface area contributed by atoms with E-state index in [1.807, 2.05) is 12.3 Å². The first-order valence-electron chi connectivity index (χ1n) is 6.61. The molecule has 0 aromatic carbocycles. The molecule has 0 aliphatic carbocycles. The standard InChI is InChI=1S/C14H25N3/c1-4-6-9-17(12(3)5-2)11-13-7-8-14(15)16-10-13/h7-8,10,12H,4-6,9,11H2,1-3H3,(H2,15,16). The summed E-state index contributed by atoms with van der Waals surface area (Å²) in [5, 5.41) is 0. The molecule has 0 radical (unpaired) electrons. The highest BCUT2D eigenvalue weighted by Gasteiger charge is 2.11. The maximum atomic E-state index is 5.60. The van der Waals surface area contributed by atoms with Gasteiger partial charge in [0.1, 0.15) is 5.82 Å². The van der Waals surface area contributed by atoms with Crippen molar-refractivity contribution in [2.45, 2.75) is 52.6 Å². The number of anilines is 1. The number of hydrogen-bond acceptors (Lipinski definition) is 3. The van der Waals surface area contributed by atoms with Crippen molar-refractivity contribution in [1.82, 2.24) is 9.88 Å².